The number of carbonyl (C=O) groups excluding carboxylic acids is 1. The Hall–Kier alpha value is -2.25. The van der Waals surface area contributed by atoms with Crippen LogP contribution in [-0.4, -0.2) is 29.0 Å². The molecule has 0 spiro atoms. The lowest BCUT2D eigenvalue weighted by molar-refractivity contribution is 0.0691. The van der Waals surface area contributed by atoms with Crippen LogP contribution in [0.25, 0.3) is 0 Å². The molecular weight excluding hydrogens is 278 g/mol. The van der Waals surface area contributed by atoms with E-state index in [-0.39, 0.29) is 10.7 Å². The molecule has 0 saturated heterocycles. The number of rotatable bonds is 5. The molecule has 20 heavy (non-hydrogen) atoms. The molecule has 1 heterocycles. The molecule has 1 aromatic heterocycles. The standard InChI is InChI=1S/C13H13N3O3S/c1-14-6-8-4-2-3-5-9(8)15-11(17)12-16-10(7-20-12)13(18)19/h2-5,7,14H,6H2,1H3,(H,15,17)(H,18,19). The van der Waals surface area contributed by atoms with Crippen LogP contribution >= 0.6 is 11.3 Å². The zero-order valence-electron chi connectivity index (χ0n) is 10.7. The zero-order chi connectivity index (χ0) is 14.5. The number of amides is 1. The molecule has 0 fully saturated rings. The maximum absolute atomic E-state index is 12.0. The third-order valence-electron chi connectivity index (χ3n) is 2.55. The molecule has 0 saturated carbocycles. The van der Waals surface area contributed by atoms with Gasteiger partial charge in [-0.25, -0.2) is 9.78 Å². The number of carbonyl (C=O) groups is 2. The number of para-hydroxylation sites is 1. The third kappa shape index (κ3) is 3.19. The summed E-state index contributed by atoms with van der Waals surface area (Å²) >= 11 is 1.00. The molecule has 2 rings (SSSR count). The molecule has 0 atom stereocenters. The number of hydrogen-bond donors (Lipinski definition) is 3. The lowest BCUT2D eigenvalue weighted by Gasteiger charge is -2.09. The number of anilines is 1. The van der Waals surface area contributed by atoms with Gasteiger partial charge in [0.15, 0.2) is 10.7 Å². The molecule has 104 valence electrons. The highest BCUT2D eigenvalue weighted by molar-refractivity contribution is 7.12. The van der Waals surface area contributed by atoms with E-state index in [1.54, 1.807) is 6.07 Å². The third-order valence-corrected chi connectivity index (χ3v) is 3.39. The summed E-state index contributed by atoms with van der Waals surface area (Å²) in [7, 11) is 1.82. The molecule has 1 amide bonds. The summed E-state index contributed by atoms with van der Waals surface area (Å²) in [5.74, 6) is -1.55. The van der Waals surface area contributed by atoms with Crippen molar-refractivity contribution in [3.63, 3.8) is 0 Å². The van der Waals surface area contributed by atoms with Crippen LogP contribution in [0.4, 0.5) is 5.69 Å². The molecule has 1 aromatic carbocycles. The summed E-state index contributed by atoms with van der Waals surface area (Å²) in [5, 5.41) is 16.0. The monoisotopic (exact) mass is 291 g/mol. The van der Waals surface area contributed by atoms with E-state index < -0.39 is 11.9 Å². The number of nitrogens with one attached hydrogen (secondary N) is 2. The highest BCUT2D eigenvalue weighted by Crippen LogP contribution is 2.17. The van der Waals surface area contributed by atoms with Gasteiger partial charge in [-0.05, 0) is 18.7 Å². The van der Waals surface area contributed by atoms with Crippen LogP contribution in [0.3, 0.4) is 0 Å². The minimum atomic E-state index is -1.14. The van der Waals surface area contributed by atoms with Crippen LogP contribution in [0, 0.1) is 0 Å². The minimum absolute atomic E-state index is 0.122. The van der Waals surface area contributed by atoms with Crippen molar-refractivity contribution in [3.8, 4) is 0 Å². The Kier molecular flexibility index (Phi) is 4.44. The maximum atomic E-state index is 12.0. The van der Waals surface area contributed by atoms with Crippen LogP contribution in [0.1, 0.15) is 25.9 Å². The molecule has 7 heteroatoms. The summed E-state index contributed by atoms with van der Waals surface area (Å²) in [4.78, 5) is 26.5. The summed E-state index contributed by atoms with van der Waals surface area (Å²) < 4.78 is 0. The topological polar surface area (TPSA) is 91.3 Å². The Bertz CT molecular complexity index is 639. The Morgan fingerprint density at radius 2 is 2.10 bits per heavy atom. The number of aromatic nitrogens is 1. The van der Waals surface area contributed by atoms with Gasteiger partial charge in [0.2, 0.25) is 0 Å². The van der Waals surface area contributed by atoms with E-state index >= 15 is 0 Å². The lowest BCUT2D eigenvalue weighted by atomic mass is 10.2. The SMILES string of the molecule is CNCc1ccccc1NC(=O)c1nc(C(=O)O)cs1. The fourth-order valence-corrected chi connectivity index (χ4v) is 2.32. The second-order valence-corrected chi connectivity index (χ2v) is 4.84. The first kappa shape index (κ1) is 14.2. The normalized spacial score (nSPS) is 10.2. The minimum Gasteiger partial charge on any atom is -0.476 e. The molecule has 2 aromatic rings. The quantitative estimate of drug-likeness (QED) is 0.781. The Morgan fingerprint density at radius 1 is 1.35 bits per heavy atom. The van der Waals surface area contributed by atoms with Crippen molar-refractivity contribution >= 4 is 28.9 Å². The summed E-state index contributed by atoms with van der Waals surface area (Å²) in [6.07, 6.45) is 0. The van der Waals surface area contributed by atoms with Crippen LogP contribution in [0.15, 0.2) is 29.6 Å². The number of aromatic carboxylic acids is 1. The van der Waals surface area contributed by atoms with E-state index in [9.17, 15) is 9.59 Å². The Labute approximate surface area is 119 Å². The Balaban J connectivity index is 2.16. The van der Waals surface area contributed by atoms with Gasteiger partial charge in [-0.15, -0.1) is 11.3 Å². The fourth-order valence-electron chi connectivity index (χ4n) is 1.64. The molecule has 0 radical (unpaired) electrons. The smallest absolute Gasteiger partial charge is 0.355 e. The average molecular weight is 291 g/mol. The second-order valence-electron chi connectivity index (χ2n) is 3.98. The fraction of sp³-hybridized carbons (Fsp3) is 0.154. The number of carboxylic acids is 1. The van der Waals surface area contributed by atoms with Gasteiger partial charge < -0.3 is 15.7 Å². The van der Waals surface area contributed by atoms with E-state index in [4.69, 9.17) is 5.11 Å². The molecule has 0 aliphatic rings. The number of thiazole rings is 1. The van der Waals surface area contributed by atoms with Crippen molar-refractivity contribution < 1.29 is 14.7 Å². The van der Waals surface area contributed by atoms with Gasteiger partial charge >= 0.3 is 5.97 Å². The number of benzene rings is 1. The van der Waals surface area contributed by atoms with Crippen molar-refractivity contribution in [2.75, 3.05) is 12.4 Å². The van der Waals surface area contributed by atoms with Gasteiger partial charge in [0.05, 0.1) is 0 Å². The number of nitrogens with zero attached hydrogens (tertiary/aromatic N) is 1. The van der Waals surface area contributed by atoms with Gasteiger partial charge in [0.1, 0.15) is 0 Å². The van der Waals surface area contributed by atoms with Gasteiger partial charge in [-0.3, -0.25) is 4.79 Å². The maximum Gasteiger partial charge on any atom is 0.355 e. The highest BCUT2D eigenvalue weighted by atomic mass is 32.1. The van der Waals surface area contributed by atoms with E-state index in [1.165, 1.54) is 5.38 Å². The Morgan fingerprint density at radius 3 is 2.75 bits per heavy atom. The second kappa shape index (κ2) is 6.27. The predicted molar refractivity (Wildman–Crippen MR) is 76.2 cm³/mol. The summed E-state index contributed by atoms with van der Waals surface area (Å²) in [5.41, 5.74) is 1.50. The lowest BCUT2D eigenvalue weighted by Crippen LogP contribution is -2.15. The molecule has 0 unspecified atom stereocenters. The van der Waals surface area contributed by atoms with Crippen LogP contribution in [-0.2, 0) is 6.54 Å². The van der Waals surface area contributed by atoms with Gasteiger partial charge in [-0.1, -0.05) is 18.2 Å². The molecule has 0 aliphatic carbocycles. The van der Waals surface area contributed by atoms with Crippen molar-refractivity contribution in [3.05, 3.63) is 45.9 Å². The first-order chi connectivity index (χ1) is 9.61. The average Bonchev–Trinajstić information content (AvgIpc) is 2.91. The predicted octanol–water partition coefficient (Wildman–Crippen LogP) is 1.81. The number of carboxylic acid groups (broad SMARTS) is 1. The first-order valence-electron chi connectivity index (χ1n) is 5.84. The van der Waals surface area contributed by atoms with Crippen LogP contribution in [0.2, 0.25) is 0 Å². The highest BCUT2D eigenvalue weighted by Gasteiger charge is 2.15. The zero-order valence-corrected chi connectivity index (χ0v) is 11.5. The van der Waals surface area contributed by atoms with Gasteiger partial charge in [-0.2, -0.15) is 0 Å². The van der Waals surface area contributed by atoms with Crippen molar-refractivity contribution in [1.82, 2.24) is 10.3 Å². The first-order valence-corrected chi connectivity index (χ1v) is 6.72. The van der Waals surface area contributed by atoms with Gasteiger partial charge in [0, 0.05) is 17.6 Å². The summed E-state index contributed by atoms with van der Waals surface area (Å²) in [6, 6.07) is 7.39. The largest absolute Gasteiger partial charge is 0.476 e. The van der Waals surface area contributed by atoms with E-state index in [1.807, 2.05) is 25.2 Å². The van der Waals surface area contributed by atoms with Crippen molar-refractivity contribution in [2.45, 2.75) is 6.54 Å². The van der Waals surface area contributed by atoms with E-state index in [0.29, 0.717) is 12.2 Å². The molecule has 0 aliphatic heterocycles. The van der Waals surface area contributed by atoms with Crippen LogP contribution in [0.5, 0.6) is 0 Å². The molecule has 3 N–H and O–H groups in total. The van der Waals surface area contributed by atoms with Crippen molar-refractivity contribution in [2.24, 2.45) is 0 Å². The molecular formula is C13H13N3O3S. The molecule has 0 bridgehead atoms. The van der Waals surface area contributed by atoms with E-state index in [2.05, 4.69) is 15.6 Å². The number of hydrogen-bond acceptors (Lipinski definition) is 5. The van der Waals surface area contributed by atoms with Gasteiger partial charge in [0.25, 0.3) is 5.91 Å². The van der Waals surface area contributed by atoms with Crippen LogP contribution < -0.4 is 10.6 Å². The molecule has 6 nitrogen and oxygen atoms in total. The summed E-state index contributed by atoms with van der Waals surface area (Å²) in [6.45, 7) is 0.620. The van der Waals surface area contributed by atoms with E-state index in [0.717, 1.165) is 16.9 Å². The van der Waals surface area contributed by atoms with Crippen molar-refractivity contribution in [1.29, 1.82) is 0 Å².